The van der Waals surface area contributed by atoms with E-state index in [9.17, 15) is 14.4 Å². The van der Waals surface area contributed by atoms with Crippen LogP contribution in [-0.4, -0.2) is 22.6 Å². The van der Waals surface area contributed by atoms with Crippen LogP contribution < -0.4 is 10.6 Å². The molecule has 3 aliphatic carbocycles. The SMILES string of the molecule is CC1(C(=O)Nc2nc(-c3cccc(C(=O)Nc4ccc(Cl)cc4)c3)cs2)CC2C(=O)CC1c1ccccc12. The largest absolute Gasteiger partial charge is 0.322 e. The van der Waals surface area contributed by atoms with E-state index >= 15 is 0 Å². The van der Waals surface area contributed by atoms with Crippen LogP contribution in [-0.2, 0) is 9.59 Å². The Morgan fingerprint density at radius 3 is 2.55 bits per heavy atom. The van der Waals surface area contributed by atoms with Crippen molar-refractivity contribution >= 4 is 51.4 Å². The minimum Gasteiger partial charge on any atom is -0.322 e. The summed E-state index contributed by atoms with van der Waals surface area (Å²) >= 11 is 7.26. The summed E-state index contributed by atoms with van der Waals surface area (Å²) in [6.45, 7) is 1.96. The molecule has 190 valence electrons. The fourth-order valence-electron chi connectivity index (χ4n) is 5.64. The summed E-state index contributed by atoms with van der Waals surface area (Å²) in [7, 11) is 0. The second kappa shape index (κ2) is 9.49. The number of thiazole rings is 1. The first-order chi connectivity index (χ1) is 18.3. The molecule has 7 rings (SSSR count). The molecule has 1 fully saturated rings. The third kappa shape index (κ3) is 4.31. The van der Waals surface area contributed by atoms with Gasteiger partial charge in [0, 0.05) is 45.5 Å². The molecular formula is C30H24ClN3O3S. The summed E-state index contributed by atoms with van der Waals surface area (Å²) in [5.41, 5.74) is 4.06. The van der Waals surface area contributed by atoms with Gasteiger partial charge in [0.25, 0.3) is 5.91 Å². The van der Waals surface area contributed by atoms with Gasteiger partial charge < -0.3 is 10.6 Å². The van der Waals surface area contributed by atoms with Gasteiger partial charge in [-0.05, 0) is 53.9 Å². The predicted molar refractivity (Wildman–Crippen MR) is 150 cm³/mol. The molecule has 1 aromatic heterocycles. The van der Waals surface area contributed by atoms with E-state index in [1.54, 1.807) is 42.5 Å². The lowest BCUT2D eigenvalue weighted by Crippen LogP contribution is -2.49. The number of ketones is 1. The number of amides is 2. The van der Waals surface area contributed by atoms with Crippen LogP contribution in [0, 0.1) is 5.41 Å². The fraction of sp³-hybridized carbons (Fsp3) is 0.200. The van der Waals surface area contributed by atoms with E-state index < -0.39 is 5.41 Å². The van der Waals surface area contributed by atoms with Gasteiger partial charge >= 0.3 is 0 Å². The Balaban J connectivity index is 1.19. The van der Waals surface area contributed by atoms with Crippen LogP contribution in [0.2, 0.25) is 5.02 Å². The van der Waals surface area contributed by atoms with E-state index in [4.69, 9.17) is 11.6 Å². The van der Waals surface area contributed by atoms with Gasteiger partial charge in [-0.1, -0.05) is 54.9 Å². The molecule has 3 aromatic carbocycles. The van der Waals surface area contributed by atoms with Crippen LogP contribution in [0.5, 0.6) is 0 Å². The average molecular weight is 542 g/mol. The number of hydrogen-bond donors (Lipinski definition) is 2. The monoisotopic (exact) mass is 541 g/mol. The smallest absolute Gasteiger partial charge is 0.255 e. The zero-order chi connectivity index (χ0) is 26.4. The van der Waals surface area contributed by atoms with Gasteiger partial charge in [0.2, 0.25) is 5.91 Å². The lowest BCUT2D eigenvalue weighted by Gasteiger charge is -2.48. The average Bonchev–Trinajstić information content (AvgIpc) is 3.39. The molecule has 1 saturated carbocycles. The van der Waals surface area contributed by atoms with Crippen molar-refractivity contribution in [1.29, 1.82) is 0 Å². The second-order valence-electron chi connectivity index (χ2n) is 10.1. The number of nitrogens with zero attached hydrogens (tertiary/aromatic N) is 1. The van der Waals surface area contributed by atoms with E-state index in [2.05, 4.69) is 15.6 Å². The second-order valence-corrected chi connectivity index (χ2v) is 11.4. The van der Waals surface area contributed by atoms with E-state index in [-0.39, 0.29) is 29.4 Å². The van der Waals surface area contributed by atoms with Crippen LogP contribution in [0.25, 0.3) is 11.3 Å². The number of benzene rings is 3. The number of halogens is 1. The topological polar surface area (TPSA) is 88.2 Å². The quantitative estimate of drug-likeness (QED) is 0.287. The first-order valence-corrected chi connectivity index (χ1v) is 13.6. The summed E-state index contributed by atoms with van der Waals surface area (Å²) in [5.74, 6) is -0.526. The molecule has 2 N–H and O–H groups in total. The number of fused-ring (bicyclic) bond motifs is 2. The van der Waals surface area contributed by atoms with Crippen LogP contribution in [0.4, 0.5) is 10.8 Å². The molecule has 3 atom stereocenters. The maximum atomic E-state index is 13.6. The minimum absolute atomic E-state index is 0.119. The van der Waals surface area contributed by atoms with E-state index in [0.29, 0.717) is 39.9 Å². The highest BCUT2D eigenvalue weighted by atomic mass is 35.5. The molecule has 3 aliphatic rings. The maximum Gasteiger partial charge on any atom is 0.255 e. The molecule has 2 amide bonds. The zero-order valence-electron chi connectivity index (χ0n) is 20.5. The highest BCUT2D eigenvalue weighted by Crippen LogP contribution is 2.57. The van der Waals surface area contributed by atoms with Crippen LogP contribution >= 0.6 is 22.9 Å². The number of nitrogens with one attached hydrogen (secondary N) is 2. The van der Waals surface area contributed by atoms with Crippen molar-refractivity contribution < 1.29 is 14.4 Å². The third-order valence-corrected chi connectivity index (χ3v) is 8.71. The van der Waals surface area contributed by atoms with Gasteiger partial charge in [-0.3, -0.25) is 14.4 Å². The normalized spacial score (nSPS) is 21.6. The Morgan fingerprint density at radius 2 is 1.76 bits per heavy atom. The fourth-order valence-corrected chi connectivity index (χ4v) is 6.48. The van der Waals surface area contributed by atoms with E-state index in [0.717, 1.165) is 16.7 Å². The minimum atomic E-state index is -0.696. The number of anilines is 2. The van der Waals surface area contributed by atoms with Gasteiger partial charge in [0.05, 0.1) is 11.1 Å². The van der Waals surface area contributed by atoms with Crippen molar-refractivity contribution in [3.05, 3.63) is 99.9 Å². The highest BCUT2D eigenvalue weighted by Gasteiger charge is 2.54. The van der Waals surface area contributed by atoms with Crippen molar-refractivity contribution in [2.24, 2.45) is 5.41 Å². The van der Waals surface area contributed by atoms with Gasteiger partial charge in [-0.25, -0.2) is 4.98 Å². The summed E-state index contributed by atoms with van der Waals surface area (Å²) in [6, 6.07) is 22.1. The number of Topliss-reactive ketones (excluding diaryl/α,β-unsaturated/α-hetero) is 1. The molecule has 3 unspecified atom stereocenters. The number of carbonyl (C=O) groups excluding carboxylic acids is 3. The van der Waals surface area contributed by atoms with Gasteiger partial charge in [-0.15, -0.1) is 11.3 Å². The van der Waals surface area contributed by atoms with E-state index in [1.807, 2.05) is 42.6 Å². The van der Waals surface area contributed by atoms with E-state index in [1.165, 1.54) is 11.3 Å². The number of rotatable bonds is 5. The van der Waals surface area contributed by atoms with Crippen LogP contribution in [0.3, 0.4) is 0 Å². The Kier molecular flexibility index (Phi) is 6.13. The standard InChI is InChI=1S/C30H24ClN3O3S/c1-30(15-23-21-7-2-3-8-22(21)24(30)14-26(23)35)28(37)34-29-33-25(16-38-29)17-5-4-6-18(13-17)27(36)32-20-11-9-19(31)10-12-20/h2-13,16,23-24H,14-15H2,1H3,(H,32,36)(H,33,34,37). The third-order valence-electron chi connectivity index (χ3n) is 7.70. The molecule has 38 heavy (non-hydrogen) atoms. The molecule has 4 aromatic rings. The van der Waals surface area contributed by atoms with Gasteiger partial charge in [0.15, 0.2) is 5.13 Å². The van der Waals surface area contributed by atoms with Crippen molar-refractivity contribution in [2.75, 3.05) is 10.6 Å². The number of carbonyl (C=O) groups is 3. The first kappa shape index (κ1) is 24.5. The molecule has 0 saturated heterocycles. The molecule has 0 radical (unpaired) electrons. The number of hydrogen-bond acceptors (Lipinski definition) is 5. The summed E-state index contributed by atoms with van der Waals surface area (Å²) in [5, 5.41) is 8.82. The van der Waals surface area contributed by atoms with Gasteiger partial charge in [-0.2, -0.15) is 0 Å². The first-order valence-electron chi connectivity index (χ1n) is 12.4. The van der Waals surface area contributed by atoms with Crippen molar-refractivity contribution in [3.63, 3.8) is 0 Å². The molecule has 0 spiro atoms. The van der Waals surface area contributed by atoms with Gasteiger partial charge in [0.1, 0.15) is 5.78 Å². The summed E-state index contributed by atoms with van der Waals surface area (Å²) in [4.78, 5) is 43.6. The number of aromatic nitrogens is 1. The lowest BCUT2D eigenvalue weighted by atomic mass is 9.54. The Bertz CT molecular complexity index is 1580. The molecule has 8 heteroatoms. The Hall–Kier alpha value is -3.81. The molecule has 0 aliphatic heterocycles. The predicted octanol–water partition coefficient (Wildman–Crippen LogP) is 6.90. The molecule has 2 bridgehead atoms. The summed E-state index contributed by atoms with van der Waals surface area (Å²) < 4.78 is 0. The Labute approximate surface area is 229 Å². The zero-order valence-corrected chi connectivity index (χ0v) is 22.1. The van der Waals surface area contributed by atoms with Crippen molar-refractivity contribution in [2.45, 2.75) is 31.6 Å². The van der Waals surface area contributed by atoms with Crippen LogP contribution in [0.15, 0.2) is 78.2 Å². The Morgan fingerprint density at radius 1 is 1.00 bits per heavy atom. The molecule has 1 heterocycles. The summed E-state index contributed by atoms with van der Waals surface area (Å²) in [6.07, 6.45) is 0.891. The van der Waals surface area contributed by atoms with Crippen molar-refractivity contribution in [1.82, 2.24) is 4.98 Å². The molecular weight excluding hydrogens is 518 g/mol. The van der Waals surface area contributed by atoms with Crippen molar-refractivity contribution in [3.8, 4) is 11.3 Å². The maximum absolute atomic E-state index is 13.6. The lowest BCUT2D eigenvalue weighted by molar-refractivity contribution is -0.134. The molecule has 6 nitrogen and oxygen atoms in total. The highest BCUT2D eigenvalue weighted by molar-refractivity contribution is 7.14. The van der Waals surface area contributed by atoms with Crippen LogP contribution in [0.1, 0.15) is 53.1 Å².